The molecule has 0 amide bonds. The predicted molar refractivity (Wildman–Crippen MR) is 108 cm³/mol. The van der Waals surface area contributed by atoms with E-state index >= 15 is 0 Å². The minimum atomic E-state index is -0.445. The first-order chi connectivity index (χ1) is 13.5. The molecule has 1 aliphatic rings. The third-order valence-electron chi connectivity index (χ3n) is 4.96. The Kier molecular flexibility index (Phi) is 6.59. The molecule has 0 saturated carbocycles. The first-order valence-corrected chi connectivity index (χ1v) is 9.47. The summed E-state index contributed by atoms with van der Waals surface area (Å²) in [5.74, 6) is 0.736. The first-order valence-electron chi connectivity index (χ1n) is 9.47. The summed E-state index contributed by atoms with van der Waals surface area (Å²) in [5, 5.41) is 21.4. The summed E-state index contributed by atoms with van der Waals surface area (Å²) in [6.45, 7) is 5.27. The van der Waals surface area contributed by atoms with Gasteiger partial charge in [0.1, 0.15) is 12.4 Å². The van der Waals surface area contributed by atoms with Gasteiger partial charge in [-0.1, -0.05) is 30.3 Å². The summed E-state index contributed by atoms with van der Waals surface area (Å²) in [6.07, 6.45) is 3.74. The van der Waals surface area contributed by atoms with E-state index in [0.717, 1.165) is 25.5 Å². The molecule has 1 aromatic heterocycles. The van der Waals surface area contributed by atoms with E-state index in [4.69, 9.17) is 0 Å². The lowest BCUT2D eigenvalue weighted by molar-refractivity contribution is -0.385. The van der Waals surface area contributed by atoms with Crippen LogP contribution in [-0.2, 0) is 13.1 Å². The quantitative estimate of drug-likeness (QED) is 0.325. The van der Waals surface area contributed by atoms with Gasteiger partial charge in [0.15, 0.2) is 5.96 Å². The van der Waals surface area contributed by atoms with E-state index in [1.165, 1.54) is 18.0 Å². The molecule has 1 aliphatic heterocycles. The van der Waals surface area contributed by atoms with Crippen LogP contribution in [0.1, 0.15) is 18.9 Å². The van der Waals surface area contributed by atoms with Crippen molar-refractivity contribution in [1.82, 2.24) is 25.3 Å². The van der Waals surface area contributed by atoms with Crippen LogP contribution >= 0.6 is 0 Å². The van der Waals surface area contributed by atoms with Gasteiger partial charge in [-0.25, -0.2) is 0 Å². The molecule has 3 rings (SSSR count). The molecule has 1 saturated heterocycles. The van der Waals surface area contributed by atoms with E-state index in [2.05, 4.69) is 56.8 Å². The lowest BCUT2D eigenvalue weighted by Crippen LogP contribution is -2.45. The zero-order valence-corrected chi connectivity index (χ0v) is 16.3. The fourth-order valence-corrected chi connectivity index (χ4v) is 3.49. The van der Waals surface area contributed by atoms with Crippen LogP contribution in [-0.4, -0.2) is 57.8 Å². The van der Waals surface area contributed by atoms with Crippen molar-refractivity contribution in [1.29, 1.82) is 0 Å². The fourth-order valence-electron chi connectivity index (χ4n) is 3.49. The number of nitro groups is 1. The number of benzene rings is 1. The van der Waals surface area contributed by atoms with Gasteiger partial charge in [-0.3, -0.25) is 24.7 Å². The van der Waals surface area contributed by atoms with E-state index in [1.54, 1.807) is 11.7 Å². The maximum Gasteiger partial charge on any atom is 0.306 e. The monoisotopic (exact) mass is 385 g/mol. The number of nitrogens with one attached hydrogen (secondary N) is 2. The van der Waals surface area contributed by atoms with Gasteiger partial charge in [-0.05, 0) is 18.9 Å². The molecule has 1 aromatic carbocycles. The minimum Gasteiger partial charge on any atom is -0.355 e. The van der Waals surface area contributed by atoms with E-state index < -0.39 is 4.92 Å². The summed E-state index contributed by atoms with van der Waals surface area (Å²) < 4.78 is 1.55. The molecule has 9 nitrogen and oxygen atoms in total. The highest BCUT2D eigenvalue weighted by molar-refractivity contribution is 5.80. The highest BCUT2D eigenvalue weighted by atomic mass is 16.6. The van der Waals surface area contributed by atoms with Gasteiger partial charge in [0.2, 0.25) is 0 Å². The molecule has 9 heteroatoms. The van der Waals surface area contributed by atoms with Crippen molar-refractivity contribution in [2.45, 2.75) is 38.5 Å². The largest absolute Gasteiger partial charge is 0.355 e. The highest BCUT2D eigenvalue weighted by Crippen LogP contribution is 2.20. The van der Waals surface area contributed by atoms with Crippen LogP contribution < -0.4 is 10.6 Å². The Bertz CT molecular complexity index is 806. The van der Waals surface area contributed by atoms with Crippen molar-refractivity contribution < 1.29 is 4.92 Å². The third-order valence-corrected chi connectivity index (χ3v) is 4.96. The molecular formula is C19H27N7O2. The smallest absolute Gasteiger partial charge is 0.306 e. The number of aromatic nitrogens is 2. The lowest BCUT2D eigenvalue weighted by Gasteiger charge is -2.21. The van der Waals surface area contributed by atoms with Crippen molar-refractivity contribution in [3.8, 4) is 0 Å². The number of hydrogen-bond donors (Lipinski definition) is 2. The van der Waals surface area contributed by atoms with Crippen LogP contribution in [0.4, 0.5) is 5.69 Å². The van der Waals surface area contributed by atoms with Crippen molar-refractivity contribution in [3.63, 3.8) is 0 Å². The zero-order valence-electron chi connectivity index (χ0n) is 16.3. The average Bonchev–Trinajstić information content (AvgIpc) is 3.29. The maximum atomic E-state index is 10.7. The van der Waals surface area contributed by atoms with Gasteiger partial charge in [0.05, 0.1) is 11.5 Å². The zero-order chi connectivity index (χ0) is 19.9. The minimum absolute atomic E-state index is 0.000887. The Balaban J connectivity index is 1.44. The molecule has 2 N–H and O–H groups in total. The van der Waals surface area contributed by atoms with Crippen LogP contribution in [0.2, 0.25) is 0 Å². The molecule has 2 aromatic rings. The van der Waals surface area contributed by atoms with Gasteiger partial charge in [-0.2, -0.15) is 5.10 Å². The molecule has 0 aliphatic carbocycles. The maximum absolute atomic E-state index is 10.7. The van der Waals surface area contributed by atoms with Crippen molar-refractivity contribution in [2.75, 3.05) is 20.1 Å². The number of hydrogen-bond acceptors (Lipinski definition) is 5. The van der Waals surface area contributed by atoms with E-state index in [-0.39, 0.29) is 5.69 Å². The van der Waals surface area contributed by atoms with E-state index in [9.17, 15) is 10.1 Å². The van der Waals surface area contributed by atoms with Crippen LogP contribution in [0.25, 0.3) is 0 Å². The summed E-state index contributed by atoms with van der Waals surface area (Å²) in [5.41, 5.74) is 1.33. The number of likely N-dealkylation sites (tertiary alicyclic amines) is 1. The van der Waals surface area contributed by atoms with Crippen molar-refractivity contribution >= 4 is 11.6 Å². The van der Waals surface area contributed by atoms with Crippen molar-refractivity contribution in [2.24, 2.45) is 4.99 Å². The highest BCUT2D eigenvalue weighted by Gasteiger charge is 2.29. The second kappa shape index (κ2) is 9.32. The van der Waals surface area contributed by atoms with Gasteiger partial charge in [0, 0.05) is 38.8 Å². The Morgan fingerprint density at radius 2 is 2.18 bits per heavy atom. The van der Waals surface area contributed by atoms with Crippen LogP contribution in [0.5, 0.6) is 0 Å². The normalized spacial score (nSPS) is 20.3. The average molecular weight is 385 g/mol. The first kappa shape index (κ1) is 19.8. The molecule has 0 spiro atoms. The molecule has 2 atom stereocenters. The van der Waals surface area contributed by atoms with Crippen molar-refractivity contribution in [3.05, 3.63) is 58.4 Å². The number of guanidine groups is 1. The standard InChI is InChI=1S/C19H27N7O2/c1-15-10-17(13-24(15)12-16-6-4-3-5-7-16)23-19(20-2)21-8-9-25-14-18(11-22-25)26(27)28/h3-7,11,14-15,17H,8-10,12-13H2,1-2H3,(H2,20,21,23). The van der Waals surface area contributed by atoms with Crippen LogP contribution in [0, 0.1) is 10.1 Å². The molecule has 2 heterocycles. The number of aliphatic imine (C=N–C) groups is 1. The summed E-state index contributed by atoms with van der Waals surface area (Å²) in [7, 11) is 1.74. The van der Waals surface area contributed by atoms with Crippen LogP contribution in [0.3, 0.4) is 0 Å². The predicted octanol–water partition coefficient (Wildman–Crippen LogP) is 1.62. The molecule has 2 unspecified atom stereocenters. The molecule has 0 radical (unpaired) electrons. The van der Waals surface area contributed by atoms with Gasteiger partial charge >= 0.3 is 5.69 Å². The molecule has 1 fully saturated rings. The Hall–Kier alpha value is -2.94. The molecule has 28 heavy (non-hydrogen) atoms. The third kappa shape index (κ3) is 5.29. The summed E-state index contributed by atoms with van der Waals surface area (Å²) in [4.78, 5) is 17.0. The second-order valence-corrected chi connectivity index (χ2v) is 7.06. The number of rotatable bonds is 7. The summed E-state index contributed by atoms with van der Waals surface area (Å²) >= 11 is 0. The Morgan fingerprint density at radius 3 is 2.86 bits per heavy atom. The van der Waals surface area contributed by atoms with Gasteiger partial charge in [-0.15, -0.1) is 0 Å². The second-order valence-electron chi connectivity index (χ2n) is 7.06. The Labute approximate surface area is 164 Å². The summed E-state index contributed by atoms with van der Waals surface area (Å²) in [6, 6.07) is 11.3. The Morgan fingerprint density at radius 1 is 1.39 bits per heavy atom. The van der Waals surface area contributed by atoms with Gasteiger partial charge in [0.25, 0.3) is 0 Å². The SMILES string of the molecule is CN=C(NCCn1cc([N+](=O)[O-])cn1)NC1CC(C)N(Cc2ccccc2)C1. The fraction of sp³-hybridized carbons (Fsp3) is 0.474. The molecule has 150 valence electrons. The van der Waals surface area contributed by atoms with Gasteiger partial charge < -0.3 is 10.6 Å². The van der Waals surface area contributed by atoms with Crippen LogP contribution in [0.15, 0.2) is 47.7 Å². The molecule has 0 bridgehead atoms. The van der Waals surface area contributed by atoms with E-state index in [0.29, 0.717) is 25.2 Å². The lowest BCUT2D eigenvalue weighted by atomic mass is 10.2. The number of nitrogens with zero attached hydrogens (tertiary/aromatic N) is 5. The van der Waals surface area contributed by atoms with E-state index in [1.807, 2.05) is 6.07 Å². The molecular weight excluding hydrogens is 358 g/mol. The topological polar surface area (TPSA) is 101 Å².